The van der Waals surface area contributed by atoms with Gasteiger partial charge in [-0.1, -0.05) is 12.8 Å². The zero-order valence-corrected chi connectivity index (χ0v) is 13.8. The zero-order chi connectivity index (χ0) is 15.2. The summed E-state index contributed by atoms with van der Waals surface area (Å²) in [6, 6.07) is 0. The molecule has 2 aliphatic heterocycles. The summed E-state index contributed by atoms with van der Waals surface area (Å²) in [7, 11) is 0. The van der Waals surface area contributed by atoms with Crippen molar-refractivity contribution in [1.82, 2.24) is 30.0 Å². The van der Waals surface area contributed by atoms with E-state index in [1.54, 1.807) is 4.68 Å². The van der Waals surface area contributed by atoms with Gasteiger partial charge < -0.3 is 4.90 Å². The van der Waals surface area contributed by atoms with Crippen LogP contribution in [0.5, 0.6) is 0 Å². The molecule has 2 aliphatic rings. The fraction of sp³-hybridized carbons (Fsp3) is 0.857. The second-order valence-corrected chi connectivity index (χ2v) is 7.16. The van der Waals surface area contributed by atoms with Crippen molar-refractivity contribution < 1.29 is 4.79 Å². The second-order valence-electron chi connectivity index (χ2n) is 5.94. The lowest BCUT2D eigenvalue weighted by molar-refractivity contribution is -0.131. The summed E-state index contributed by atoms with van der Waals surface area (Å²) in [5, 5.41) is 11.9. The fourth-order valence-electron chi connectivity index (χ4n) is 2.99. The minimum absolute atomic E-state index is 0.129. The maximum atomic E-state index is 12.4. The van der Waals surface area contributed by atoms with Crippen molar-refractivity contribution in [3.63, 3.8) is 0 Å². The summed E-state index contributed by atoms with van der Waals surface area (Å²) in [4.78, 5) is 16.7. The molecule has 0 bridgehead atoms. The van der Waals surface area contributed by atoms with Crippen LogP contribution in [-0.2, 0) is 17.9 Å². The summed E-state index contributed by atoms with van der Waals surface area (Å²) < 4.78 is 1.68. The maximum absolute atomic E-state index is 12.4. The molecule has 2 saturated heterocycles. The van der Waals surface area contributed by atoms with E-state index in [9.17, 15) is 4.79 Å². The molecule has 0 aromatic carbocycles. The molecule has 122 valence electrons. The average Bonchev–Trinajstić information content (AvgIpc) is 2.82. The third-order valence-corrected chi connectivity index (χ3v) is 5.26. The van der Waals surface area contributed by atoms with Crippen LogP contribution >= 0.6 is 11.8 Å². The predicted octanol–water partition coefficient (Wildman–Crippen LogP) is 0.624. The number of likely N-dealkylation sites (tertiary alicyclic amines) is 1. The highest BCUT2D eigenvalue weighted by Crippen LogP contribution is 2.13. The van der Waals surface area contributed by atoms with Gasteiger partial charge in [-0.15, -0.1) is 5.10 Å². The van der Waals surface area contributed by atoms with Crippen molar-refractivity contribution in [3.05, 3.63) is 5.82 Å². The van der Waals surface area contributed by atoms with Crippen LogP contribution in [0.2, 0.25) is 0 Å². The standard InChI is InChI=1S/C14H24N6OS/c21-14(19-7-9-22-10-8-19)12-20-13(15-16-17-20)11-18-5-3-1-2-4-6-18/h1-12H2. The summed E-state index contributed by atoms with van der Waals surface area (Å²) >= 11 is 1.90. The minimum Gasteiger partial charge on any atom is -0.339 e. The molecule has 0 unspecified atom stereocenters. The van der Waals surface area contributed by atoms with E-state index in [2.05, 4.69) is 20.4 Å². The molecule has 1 aromatic heterocycles. The molecular weight excluding hydrogens is 300 g/mol. The lowest BCUT2D eigenvalue weighted by atomic mass is 10.2. The number of amides is 1. The van der Waals surface area contributed by atoms with Gasteiger partial charge in [0.05, 0.1) is 6.54 Å². The first kappa shape index (κ1) is 15.7. The minimum atomic E-state index is 0.129. The van der Waals surface area contributed by atoms with Crippen molar-refractivity contribution >= 4 is 17.7 Å². The van der Waals surface area contributed by atoms with Crippen LogP contribution in [0.3, 0.4) is 0 Å². The largest absolute Gasteiger partial charge is 0.339 e. The van der Waals surface area contributed by atoms with Crippen LogP contribution in [0, 0.1) is 0 Å². The quantitative estimate of drug-likeness (QED) is 0.809. The molecule has 0 radical (unpaired) electrons. The van der Waals surface area contributed by atoms with Crippen molar-refractivity contribution in [3.8, 4) is 0 Å². The van der Waals surface area contributed by atoms with Crippen LogP contribution in [0.25, 0.3) is 0 Å². The Labute approximate surface area is 135 Å². The molecule has 8 heteroatoms. The molecule has 22 heavy (non-hydrogen) atoms. The molecule has 1 aromatic rings. The third kappa shape index (κ3) is 4.19. The number of hydrogen-bond donors (Lipinski definition) is 0. The molecule has 3 rings (SSSR count). The van der Waals surface area contributed by atoms with Crippen LogP contribution in [-0.4, -0.2) is 73.6 Å². The zero-order valence-electron chi connectivity index (χ0n) is 13.0. The number of carbonyl (C=O) groups is 1. The van der Waals surface area contributed by atoms with E-state index >= 15 is 0 Å². The summed E-state index contributed by atoms with van der Waals surface area (Å²) in [6.45, 7) is 4.89. The van der Waals surface area contributed by atoms with Gasteiger partial charge in [0.25, 0.3) is 0 Å². The van der Waals surface area contributed by atoms with E-state index in [-0.39, 0.29) is 12.5 Å². The van der Waals surface area contributed by atoms with Crippen molar-refractivity contribution in [1.29, 1.82) is 0 Å². The fourth-order valence-corrected chi connectivity index (χ4v) is 3.90. The number of nitrogens with zero attached hydrogens (tertiary/aromatic N) is 6. The first-order valence-corrected chi connectivity index (χ1v) is 9.31. The molecule has 0 atom stereocenters. The number of aromatic nitrogens is 4. The molecule has 3 heterocycles. The highest BCUT2D eigenvalue weighted by atomic mass is 32.2. The molecular formula is C14H24N6OS. The predicted molar refractivity (Wildman–Crippen MR) is 85.5 cm³/mol. The van der Waals surface area contributed by atoms with Gasteiger partial charge in [0, 0.05) is 24.6 Å². The monoisotopic (exact) mass is 324 g/mol. The number of hydrogen-bond acceptors (Lipinski definition) is 6. The van der Waals surface area contributed by atoms with E-state index < -0.39 is 0 Å². The Balaban J connectivity index is 1.57. The molecule has 0 saturated carbocycles. The van der Waals surface area contributed by atoms with E-state index in [0.29, 0.717) is 0 Å². The SMILES string of the molecule is O=C(Cn1nnnc1CN1CCCCCC1)N1CCSCC1. The number of rotatable bonds is 4. The Morgan fingerprint density at radius 3 is 2.50 bits per heavy atom. The van der Waals surface area contributed by atoms with Crippen molar-refractivity contribution in [2.24, 2.45) is 0 Å². The van der Waals surface area contributed by atoms with Crippen LogP contribution in [0.1, 0.15) is 31.5 Å². The van der Waals surface area contributed by atoms with Gasteiger partial charge in [0.15, 0.2) is 5.82 Å². The smallest absolute Gasteiger partial charge is 0.244 e. The van der Waals surface area contributed by atoms with E-state index in [4.69, 9.17) is 0 Å². The Kier molecular flexibility index (Phi) is 5.66. The van der Waals surface area contributed by atoms with E-state index in [1.807, 2.05) is 16.7 Å². The van der Waals surface area contributed by atoms with E-state index in [0.717, 1.165) is 50.1 Å². The number of thioether (sulfide) groups is 1. The molecule has 1 amide bonds. The highest BCUT2D eigenvalue weighted by Gasteiger charge is 2.20. The maximum Gasteiger partial charge on any atom is 0.244 e. The van der Waals surface area contributed by atoms with Gasteiger partial charge in [-0.25, -0.2) is 4.68 Å². The first-order chi connectivity index (χ1) is 10.8. The first-order valence-electron chi connectivity index (χ1n) is 8.16. The van der Waals surface area contributed by atoms with Crippen LogP contribution in [0.15, 0.2) is 0 Å². The average molecular weight is 324 g/mol. The normalized spacial score (nSPS) is 20.8. The lowest BCUT2D eigenvalue weighted by Gasteiger charge is -2.26. The van der Waals surface area contributed by atoms with Crippen molar-refractivity contribution in [2.75, 3.05) is 37.7 Å². The van der Waals surface area contributed by atoms with Gasteiger partial charge in [0.1, 0.15) is 6.54 Å². The summed E-state index contributed by atoms with van der Waals surface area (Å²) in [5.41, 5.74) is 0. The Morgan fingerprint density at radius 2 is 1.77 bits per heavy atom. The highest BCUT2D eigenvalue weighted by molar-refractivity contribution is 7.99. The summed E-state index contributed by atoms with van der Waals surface area (Å²) in [5.74, 6) is 3.00. The number of carbonyl (C=O) groups excluding carboxylic acids is 1. The van der Waals surface area contributed by atoms with Crippen LogP contribution in [0.4, 0.5) is 0 Å². The van der Waals surface area contributed by atoms with Gasteiger partial charge in [-0.2, -0.15) is 11.8 Å². The third-order valence-electron chi connectivity index (χ3n) is 4.32. The molecule has 0 spiro atoms. The molecule has 2 fully saturated rings. The Morgan fingerprint density at radius 1 is 1.05 bits per heavy atom. The number of tetrazole rings is 1. The second kappa shape index (κ2) is 7.92. The van der Waals surface area contributed by atoms with E-state index in [1.165, 1.54) is 25.7 Å². The van der Waals surface area contributed by atoms with Gasteiger partial charge in [0.2, 0.25) is 5.91 Å². The lowest BCUT2D eigenvalue weighted by Crippen LogP contribution is -2.40. The van der Waals surface area contributed by atoms with Gasteiger partial charge >= 0.3 is 0 Å². The Bertz CT molecular complexity index is 479. The van der Waals surface area contributed by atoms with Gasteiger partial charge in [-0.05, 0) is 36.4 Å². The topological polar surface area (TPSA) is 67.2 Å². The van der Waals surface area contributed by atoms with Crippen molar-refractivity contribution in [2.45, 2.75) is 38.8 Å². The molecule has 7 nitrogen and oxygen atoms in total. The van der Waals surface area contributed by atoms with Gasteiger partial charge in [-0.3, -0.25) is 9.69 Å². The molecule has 0 aliphatic carbocycles. The Hall–Kier alpha value is -1.15. The summed E-state index contributed by atoms with van der Waals surface area (Å²) in [6.07, 6.45) is 5.11. The van der Waals surface area contributed by atoms with Crippen LogP contribution < -0.4 is 0 Å². The molecule has 0 N–H and O–H groups in total.